The van der Waals surface area contributed by atoms with E-state index in [0.29, 0.717) is 12.1 Å². The molecule has 2 atom stereocenters. The molecule has 2 aromatic carbocycles. The predicted molar refractivity (Wildman–Crippen MR) is 138 cm³/mol. The summed E-state index contributed by atoms with van der Waals surface area (Å²) < 4.78 is 6.37. The lowest BCUT2D eigenvalue weighted by Gasteiger charge is -2.40. The summed E-state index contributed by atoms with van der Waals surface area (Å²) in [6.45, 7) is 8.33. The molecule has 0 bridgehead atoms. The number of fused-ring (bicyclic) bond motifs is 2. The number of morpholine rings is 1. The molecular weight excluding hydrogens is 438 g/mol. The lowest BCUT2D eigenvalue weighted by molar-refractivity contribution is 0.0188. The molecule has 0 amide bonds. The minimum Gasteiger partial charge on any atom is -0.369 e. The molecule has 0 saturated carbocycles. The van der Waals surface area contributed by atoms with Crippen molar-refractivity contribution in [3.63, 3.8) is 0 Å². The third-order valence-corrected chi connectivity index (χ3v) is 7.04. The first-order valence-corrected chi connectivity index (χ1v) is 12.3. The lowest BCUT2D eigenvalue weighted by atomic mass is 10.0. The van der Waals surface area contributed by atoms with E-state index in [-0.39, 0.29) is 12.2 Å². The maximum Gasteiger partial charge on any atom is 0.134 e. The van der Waals surface area contributed by atoms with Crippen LogP contribution in [-0.2, 0) is 11.3 Å². The number of piperazine rings is 1. The van der Waals surface area contributed by atoms with E-state index in [4.69, 9.17) is 9.73 Å². The summed E-state index contributed by atoms with van der Waals surface area (Å²) in [4.78, 5) is 14.3. The average molecular weight is 468 g/mol. The van der Waals surface area contributed by atoms with Crippen molar-refractivity contribution in [2.45, 2.75) is 25.7 Å². The van der Waals surface area contributed by atoms with Gasteiger partial charge in [-0.3, -0.25) is 4.98 Å². The van der Waals surface area contributed by atoms with Crippen LogP contribution >= 0.6 is 0 Å². The highest BCUT2D eigenvalue weighted by Crippen LogP contribution is 2.34. The summed E-state index contributed by atoms with van der Waals surface area (Å²) in [5.41, 5.74) is 5.96. The van der Waals surface area contributed by atoms with Crippen LogP contribution in [0.15, 0.2) is 53.7 Å². The Morgan fingerprint density at radius 1 is 1.03 bits per heavy atom. The number of anilines is 2. The van der Waals surface area contributed by atoms with Gasteiger partial charge in [0.15, 0.2) is 0 Å². The predicted octanol–water partition coefficient (Wildman–Crippen LogP) is 2.94. The number of aromatic nitrogens is 1. The van der Waals surface area contributed by atoms with Gasteiger partial charge in [-0.25, -0.2) is 4.99 Å². The minimum atomic E-state index is -0.169. The third kappa shape index (κ3) is 4.07. The van der Waals surface area contributed by atoms with Gasteiger partial charge in [0.2, 0.25) is 0 Å². The third-order valence-electron chi connectivity index (χ3n) is 7.04. The molecule has 3 aliphatic heterocycles. The normalized spacial score (nSPS) is 22.2. The zero-order valence-corrected chi connectivity index (χ0v) is 19.9. The van der Waals surface area contributed by atoms with Crippen molar-refractivity contribution in [3.05, 3.63) is 59.8 Å². The van der Waals surface area contributed by atoms with Gasteiger partial charge in [-0.1, -0.05) is 6.07 Å². The van der Waals surface area contributed by atoms with Crippen molar-refractivity contribution in [2.75, 3.05) is 49.1 Å². The highest BCUT2D eigenvalue weighted by atomic mass is 16.5. The SMILES string of the molecule is C[C@@H]1CN(c2ccc(C#N)c3ncccc23)C[C@H](C2=Nc3cccc(N4CCNCC4)c3CN2)O1. The molecule has 2 N–H and O–H groups in total. The molecule has 0 radical (unpaired) electrons. The van der Waals surface area contributed by atoms with E-state index in [9.17, 15) is 5.26 Å². The molecule has 0 aliphatic carbocycles. The molecule has 8 heteroatoms. The first-order valence-electron chi connectivity index (χ1n) is 12.3. The van der Waals surface area contributed by atoms with Gasteiger partial charge in [0, 0.05) is 67.8 Å². The summed E-state index contributed by atoms with van der Waals surface area (Å²) in [5.74, 6) is 0.877. The Balaban J connectivity index is 1.30. The van der Waals surface area contributed by atoms with Gasteiger partial charge in [0.05, 0.1) is 29.4 Å². The van der Waals surface area contributed by atoms with Crippen molar-refractivity contribution in [2.24, 2.45) is 4.99 Å². The standard InChI is InChI=1S/C27H29N7O/c1-18-16-34(24-8-7-19(14-28)26-20(24)4-3-9-30-26)17-25(35-18)27-31-15-21-22(32-27)5-2-6-23(21)33-12-10-29-11-13-33/h2-9,18,25,29H,10-13,15-17H2,1H3,(H,31,32)/t18-,25-/m1/s1. The summed E-state index contributed by atoms with van der Waals surface area (Å²) >= 11 is 0. The highest BCUT2D eigenvalue weighted by molar-refractivity contribution is 5.96. The van der Waals surface area contributed by atoms with Gasteiger partial charge in [-0.15, -0.1) is 0 Å². The quantitative estimate of drug-likeness (QED) is 0.612. The molecule has 3 aromatic rings. The van der Waals surface area contributed by atoms with Crippen molar-refractivity contribution in [1.29, 1.82) is 5.26 Å². The van der Waals surface area contributed by atoms with Gasteiger partial charge >= 0.3 is 0 Å². The average Bonchev–Trinajstić information content (AvgIpc) is 2.92. The van der Waals surface area contributed by atoms with Crippen molar-refractivity contribution < 1.29 is 4.74 Å². The van der Waals surface area contributed by atoms with Crippen LogP contribution in [0, 0.1) is 11.3 Å². The number of ether oxygens (including phenoxy) is 1. The summed E-state index contributed by atoms with van der Waals surface area (Å²) in [5, 5.41) is 17.5. The van der Waals surface area contributed by atoms with Crippen LogP contribution in [0.3, 0.4) is 0 Å². The number of nitrogens with one attached hydrogen (secondary N) is 2. The van der Waals surface area contributed by atoms with Crippen LogP contribution in [-0.4, -0.2) is 62.3 Å². The number of hydrogen-bond donors (Lipinski definition) is 2. The van der Waals surface area contributed by atoms with Crippen molar-refractivity contribution in [1.82, 2.24) is 15.6 Å². The zero-order chi connectivity index (χ0) is 23.8. The maximum absolute atomic E-state index is 9.52. The fourth-order valence-corrected chi connectivity index (χ4v) is 5.41. The van der Waals surface area contributed by atoms with E-state index < -0.39 is 0 Å². The second kappa shape index (κ2) is 9.17. The van der Waals surface area contributed by atoms with E-state index in [0.717, 1.165) is 67.4 Å². The van der Waals surface area contributed by atoms with Crippen molar-refractivity contribution >= 4 is 33.8 Å². The Bertz CT molecular complexity index is 1320. The second-order valence-corrected chi connectivity index (χ2v) is 9.35. The van der Waals surface area contributed by atoms with E-state index >= 15 is 0 Å². The Kier molecular flexibility index (Phi) is 5.72. The molecule has 2 saturated heterocycles. The van der Waals surface area contributed by atoms with Crippen molar-refractivity contribution in [3.8, 4) is 6.07 Å². The fraction of sp³-hybridized carbons (Fsp3) is 0.370. The van der Waals surface area contributed by atoms with Crippen LogP contribution in [0.4, 0.5) is 17.1 Å². The van der Waals surface area contributed by atoms with Gasteiger partial charge in [-0.2, -0.15) is 5.26 Å². The second-order valence-electron chi connectivity index (χ2n) is 9.35. The monoisotopic (exact) mass is 467 g/mol. The minimum absolute atomic E-state index is 0.0363. The first-order chi connectivity index (χ1) is 17.2. The van der Waals surface area contributed by atoms with E-state index in [1.54, 1.807) is 6.20 Å². The summed E-state index contributed by atoms with van der Waals surface area (Å²) in [7, 11) is 0. The highest BCUT2D eigenvalue weighted by Gasteiger charge is 2.32. The lowest BCUT2D eigenvalue weighted by Crippen LogP contribution is -2.53. The summed E-state index contributed by atoms with van der Waals surface area (Å²) in [6, 6.07) is 16.5. The zero-order valence-electron chi connectivity index (χ0n) is 19.9. The molecule has 35 heavy (non-hydrogen) atoms. The summed E-state index contributed by atoms with van der Waals surface area (Å²) in [6.07, 6.45) is 1.61. The largest absolute Gasteiger partial charge is 0.369 e. The molecule has 1 aromatic heterocycles. The molecular formula is C27H29N7O. The Morgan fingerprint density at radius 3 is 2.77 bits per heavy atom. The number of aliphatic imine (C=N–C) groups is 1. The van der Waals surface area contributed by atoms with E-state index in [1.165, 1.54) is 11.3 Å². The number of hydrogen-bond acceptors (Lipinski definition) is 8. The van der Waals surface area contributed by atoms with E-state index in [1.807, 2.05) is 24.3 Å². The molecule has 0 spiro atoms. The molecule has 0 unspecified atom stereocenters. The smallest absolute Gasteiger partial charge is 0.134 e. The van der Waals surface area contributed by atoms with E-state index in [2.05, 4.69) is 56.6 Å². The maximum atomic E-state index is 9.52. The van der Waals surface area contributed by atoms with Gasteiger partial charge in [0.25, 0.3) is 0 Å². The molecule has 178 valence electrons. The molecule has 3 aliphatic rings. The molecule has 8 nitrogen and oxygen atoms in total. The molecule has 2 fully saturated rings. The fourth-order valence-electron chi connectivity index (χ4n) is 5.41. The molecule has 4 heterocycles. The van der Waals surface area contributed by atoms with Crippen LogP contribution in [0.1, 0.15) is 18.1 Å². The Labute approximate surface area is 205 Å². The number of amidine groups is 1. The first kappa shape index (κ1) is 21.8. The van der Waals surface area contributed by atoms with Gasteiger partial charge < -0.3 is 25.2 Å². The Hall–Kier alpha value is -3.67. The number of pyridine rings is 1. The number of nitrogens with zero attached hydrogens (tertiary/aromatic N) is 5. The molecule has 6 rings (SSSR count). The number of benzene rings is 2. The van der Waals surface area contributed by atoms with Gasteiger partial charge in [-0.05, 0) is 43.3 Å². The van der Waals surface area contributed by atoms with Crippen LogP contribution in [0.2, 0.25) is 0 Å². The Morgan fingerprint density at radius 2 is 1.91 bits per heavy atom. The number of rotatable bonds is 3. The van der Waals surface area contributed by atoms with Gasteiger partial charge in [0.1, 0.15) is 18.0 Å². The number of nitriles is 1. The van der Waals surface area contributed by atoms with Crippen LogP contribution < -0.4 is 20.4 Å². The van der Waals surface area contributed by atoms with Crippen LogP contribution in [0.25, 0.3) is 10.9 Å². The topological polar surface area (TPSA) is 88.8 Å². The van der Waals surface area contributed by atoms with Crippen LogP contribution in [0.5, 0.6) is 0 Å².